The number of nitrogen functional groups attached to an aromatic ring is 1. The highest BCUT2D eigenvalue weighted by Crippen LogP contribution is 2.28. The topological polar surface area (TPSA) is 129 Å². The highest BCUT2D eigenvalue weighted by atomic mass is 35.5. The van der Waals surface area contributed by atoms with E-state index in [9.17, 15) is 19.1 Å². The second kappa shape index (κ2) is 11.7. The van der Waals surface area contributed by atoms with Crippen LogP contribution in [0.25, 0.3) is 10.9 Å². The smallest absolute Gasteiger partial charge is 0.435 e. The van der Waals surface area contributed by atoms with Crippen LogP contribution in [-0.4, -0.2) is 62.9 Å². The molecule has 39 heavy (non-hydrogen) atoms. The Morgan fingerprint density at radius 1 is 1.10 bits per heavy atom. The minimum Gasteiger partial charge on any atom is -0.492 e. The summed E-state index contributed by atoms with van der Waals surface area (Å²) in [5.74, 6) is -0.213. The van der Waals surface area contributed by atoms with E-state index in [2.05, 4.69) is 5.10 Å². The molecule has 1 amide bonds. The number of nitrogens with two attached hydrogens (primary N) is 1. The molecular weight excluding hydrogens is 531 g/mol. The van der Waals surface area contributed by atoms with E-state index in [1.54, 1.807) is 59.7 Å². The van der Waals surface area contributed by atoms with E-state index >= 15 is 0 Å². The van der Waals surface area contributed by atoms with Crippen molar-refractivity contribution in [3.05, 3.63) is 52.9 Å². The van der Waals surface area contributed by atoms with Crippen LogP contribution in [-0.2, 0) is 9.47 Å². The fourth-order valence-corrected chi connectivity index (χ4v) is 3.77. The molecule has 3 rings (SSSR count). The van der Waals surface area contributed by atoms with Gasteiger partial charge in [-0.15, -0.1) is 5.10 Å². The van der Waals surface area contributed by atoms with Crippen molar-refractivity contribution >= 4 is 40.4 Å². The van der Waals surface area contributed by atoms with Crippen molar-refractivity contribution in [2.75, 3.05) is 25.4 Å². The first-order chi connectivity index (χ1) is 18.0. The maximum atomic E-state index is 13.6. The number of aliphatic hydroxyl groups is 1. The van der Waals surface area contributed by atoms with Crippen molar-refractivity contribution in [3.8, 4) is 5.75 Å². The lowest BCUT2D eigenvalue weighted by Gasteiger charge is -2.29. The SMILES string of the molecule is CC(C)(C)OC(=O)N(CCOc1ccc2c(Cl)nn(C(=O)OC(C)(C)C)c2c1)C[C@H](O)c1ccc(F)c(N)c1. The predicted molar refractivity (Wildman–Crippen MR) is 145 cm³/mol. The predicted octanol–water partition coefficient (Wildman–Crippen LogP) is 5.54. The molecule has 0 aliphatic heterocycles. The second-order valence-electron chi connectivity index (χ2n) is 10.9. The Labute approximate surface area is 231 Å². The van der Waals surface area contributed by atoms with E-state index < -0.39 is 35.3 Å². The summed E-state index contributed by atoms with van der Waals surface area (Å²) in [6.07, 6.45) is -2.50. The van der Waals surface area contributed by atoms with Gasteiger partial charge in [-0.25, -0.2) is 14.0 Å². The van der Waals surface area contributed by atoms with Crippen LogP contribution in [0.1, 0.15) is 53.2 Å². The third kappa shape index (κ3) is 8.21. The molecule has 0 aliphatic rings. The number of anilines is 1. The van der Waals surface area contributed by atoms with E-state index in [0.717, 1.165) is 10.7 Å². The molecule has 0 fully saturated rings. The monoisotopic (exact) mass is 564 g/mol. The first-order valence-corrected chi connectivity index (χ1v) is 12.7. The number of carbonyl (C=O) groups excluding carboxylic acids is 2. The Hall–Kier alpha value is -3.57. The Morgan fingerprint density at radius 2 is 1.77 bits per heavy atom. The summed E-state index contributed by atoms with van der Waals surface area (Å²) >= 11 is 6.21. The zero-order valence-electron chi connectivity index (χ0n) is 22.8. The van der Waals surface area contributed by atoms with E-state index in [1.807, 2.05) is 0 Å². The first kappa shape index (κ1) is 30.0. The summed E-state index contributed by atoms with van der Waals surface area (Å²) in [6, 6.07) is 8.77. The Balaban J connectivity index is 1.76. The number of amides is 1. The molecule has 3 N–H and O–H groups in total. The minimum absolute atomic E-state index is 0.0251. The fraction of sp³-hybridized carbons (Fsp3) is 0.444. The summed E-state index contributed by atoms with van der Waals surface area (Å²) in [6.45, 7) is 10.3. The maximum absolute atomic E-state index is 13.6. The van der Waals surface area contributed by atoms with Crippen LogP contribution in [0, 0.1) is 5.82 Å². The lowest BCUT2D eigenvalue weighted by molar-refractivity contribution is 0.0117. The van der Waals surface area contributed by atoms with Crippen LogP contribution in [0.5, 0.6) is 5.75 Å². The number of aliphatic hydroxyl groups excluding tert-OH is 1. The summed E-state index contributed by atoms with van der Waals surface area (Å²) in [5, 5.41) is 15.5. The van der Waals surface area contributed by atoms with Crippen molar-refractivity contribution < 1.29 is 33.3 Å². The van der Waals surface area contributed by atoms with E-state index in [0.29, 0.717) is 22.2 Å². The molecule has 12 heteroatoms. The average Bonchev–Trinajstić information content (AvgIpc) is 3.14. The number of nitrogens with zero attached hydrogens (tertiary/aromatic N) is 3. The molecule has 10 nitrogen and oxygen atoms in total. The largest absolute Gasteiger partial charge is 0.492 e. The molecule has 0 saturated heterocycles. The summed E-state index contributed by atoms with van der Waals surface area (Å²) in [4.78, 5) is 26.8. The minimum atomic E-state index is -1.15. The van der Waals surface area contributed by atoms with Gasteiger partial charge in [-0.3, -0.25) is 0 Å². The summed E-state index contributed by atoms with van der Waals surface area (Å²) in [7, 11) is 0. The van der Waals surface area contributed by atoms with Gasteiger partial charge in [-0.05, 0) is 71.4 Å². The number of halogens is 2. The molecular formula is C27H34ClFN4O6. The summed E-state index contributed by atoms with van der Waals surface area (Å²) < 4.78 is 31.4. The highest BCUT2D eigenvalue weighted by Gasteiger charge is 2.26. The van der Waals surface area contributed by atoms with Crippen LogP contribution in [0.2, 0.25) is 5.15 Å². The molecule has 1 atom stereocenters. The number of aromatic nitrogens is 2. The van der Waals surface area contributed by atoms with Crippen LogP contribution in [0.3, 0.4) is 0 Å². The van der Waals surface area contributed by atoms with Gasteiger partial charge in [0.05, 0.1) is 30.4 Å². The van der Waals surface area contributed by atoms with Crippen molar-refractivity contribution in [2.45, 2.75) is 58.8 Å². The fourth-order valence-electron chi connectivity index (χ4n) is 3.53. The third-order valence-electron chi connectivity index (χ3n) is 5.25. The van der Waals surface area contributed by atoms with Crippen LogP contribution in [0.15, 0.2) is 36.4 Å². The van der Waals surface area contributed by atoms with E-state index in [4.69, 9.17) is 31.5 Å². The van der Waals surface area contributed by atoms with Crippen molar-refractivity contribution in [1.29, 1.82) is 0 Å². The molecule has 0 unspecified atom stereocenters. The molecule has 3 aromatic rings. The van der Waals surface area contributed by atoms with E-state index in [-0.39, 0.29) is 30.5 Å². The quantitative estimate of drug-likeness (QED) is 0.358. The zero-order valence-corrected chi connectivity index (χ0v) is 23.6. The third-order valence-corrected chi connectivity index (χ3v) is 5.53. The van der Waals surface area contributed by atoms with Gasteiger partial charge in [0.15, 0.2) is 5.15 Å². The lowest BCUT2D eigenvalue weighted by Crippen LogP contribution is -2.41. The maximum Gasteiger partial charge on any atom is 0.435 e. The molecule has 2 aromatic carbocycles. The molecule has 0 bridgehead atoms. The number of hydrogen-bond acceptors (Lipinski definition) is 8. The van der Waals surface area contributed by atoms with Gasteiger partial charge in [-0.1, -0.05) is 17.7 Å². The second-order valence-corrected chi connectivity index (χ2v) is 11.3. The Bertz CT molecular complexity index is 1350. The number of rotatable bonds is 7. The molecule has 0 spiro atoms. The van der Waals surface area contributed by atoms with Gasteiger partial charge in [0, 0.05) is 11.5 Å². The van der Waals surface area contributed by atoms with Crippen molar-refractivity contribution in [3.63, 3.8) is 0 Å². The standard InChI is InChI=1S/C27H34ClFN4O6/c1-26(2,3)38-24(35)32(15-22(34)16-7-10-19(29)20(30)13-16)11-12-37-17-8-9-18-21(14-17)33(31-23(18)28)25(36)39-27(4,5)6/h7-10,13-14,22,34H,11-12,15,30H2,1-6H3/t22-/m0/s1. The van der Waals surface area contributed by atoms with Crippen LogP contribution < -0.4 is 10.5 Å². The van der Waals surface area contributed by atoms with Crippen molar-refractivity contribution in [1.82, 2.24) is 14.7 Å². The first-order valence-electron chi connectivity index (χ1n) is 12.3. The van der Waals surface area contributed by atoms with E-state index in [1.165, 1.54) is 17.0 Å². The van der Waals surface area contributed by atoms with Crippen LogP contribution in [0.4, 0.5) is 19.7 Å². The molecule has 212 valence electrons. The van der Waals surface area contributed by atoms with Gasteiger partial charge in [0.25, 0.3) is 0 Å². The van der Waals surface area contributed by atoms with Gasteiger partial charge >= 0.3 is 12.2 Å². The number of benzene rings is 2. The molecule has 0 aliphatic carbocycles. The van der Waals surface area contributed by atoms with Crippen molar-refractivity contribution in [2.24, 2.45) is 0 Å². The number of ether oxygens (including phenoxy) is 3. The average molecular weight is 565 g/mol. The Kier molecular flexibility index (Phi) is 8.97. The van der Waals surface area contributed by atoms with Gasteiger partial charge in [0.2, 0.25) is 0 Å². The number of carbonyl (C=O) groups is 2. The molecule has 0 radical (unpaired) electrons. The zero-order chi connectivity index (χ0) is 29.1. The summed E-state index contributed by atoms with van der Waals surface area (Å²) in [5.41, 5.74) is 4.75. The molecule has 1 heterocycles. The Morgan fingerprint density at radius 3 is 2.38 bits per heavy atom. The number of hydrogen-bond donors (Lipinski definition) is 2. The normalized spacial score (nSPS) is 12.7. The van der Waals surface area contributed by atoms with Gasteiger partial charge in [0.1, 0.15) is 29.4 Å². The van der Waals surface area contributed by atoms with Gasteiger partial charge in [-0.2, -0.15) is 4.68 Å². The van der Waals surface area contributed by atoms with Gasteiger partial charge < -0.3 is 30.0 Å². The van der Waals surface area contributed by atoms with Crippen LogP contribution >= 0.6 is 11.6 Å². The molecule has 0 saturated carbocycles. The highest BCUT2D eigenvalue weighted by molar-refractivity contribution is 6.34. The molecule has 1 aromatic heterocycles. The number of fused-ring (bicyclic) bond motifs is 1. The lowest BCUT2D eigenvalue weighted by atomic mass is 10.1.